The van der Waals surface area contributed by atoms with E-state index in [2.05, 4.69) is 20.0 Å². The summed E-state index contributed by atoms with van der Waals surface area (Å²) in [6, 6.07) is 10.5. The number of hydrogen-bond donors (Lipinski definition) is 2. The van der Waals surface area contributed by atoms with E-state index in [0.717, 1.165) is 5.39 Å². The van der Waals surface area contributed by atoms with Crippen molar-refractivity contribution in [2.24, 2.45) is 0 Å². The number of aromatic nitrogens is 2. The molecule has 6 heteroatoms. The van der Waals surface area contributed by atoms with Crippen molar-refractivity contribution in [3.8, 4) is 0 Å². The number of benzene rings is 1. The monoisotopic (exact) mass is 254 g/mol. The van der Waals surface area contributed by atoms with Crippen molar-refractivity contribution in [1.82, 2.24) is 10.1 Å². The minimum absolute atomic E-state index is 0.235. The van der Waals surface area contributed by atoms with Gasteiger partial charge in [0.25, 0.3) is 5.91 Å². The molecule has 2 heterocycles. The number of nitrogens with zero attached hydrogens (tertiary/aromatic N) is 2. The Labute approximate surface area is 108 Å². The summed E-state index contributed by atoms with van der Waals surface area (Å²) in [4.78, 5) is 16.3. The highest BCUT2D eigenvalue weighted by Crippen LogP contribution is 2.20. The SMILES string of the molecule is Nc1cc(C(=O)Nc2ccon2)nc2ccccc12. The summed E-state index contributed by atoms with van der Waals surface area (Å²) in [7, 11) is 0. The van der Waals surface area contributed by atoms with E-state index in [0.29, 0.717) is 17.0 Å². The molecule has 0 saturated heterocycles. The molecule has 0 fully saturated rings. The average Bonchev–Trinajstić information content (AvgIpc) is 2.91. The normalized spacial score (nSPS) is 10.5. The van der Waals surface area contributed by atoms with Gasteiger partial charge in [-0.2, -0.15) is 0 Å². The number of carbonyl (C=O) groups excluding carboxylic acids is 1. The number of pyridine rings is 1. The van der Waals surface area contributed by atoms with E-state index >= 15 is 0 Å². The van der Waals surface area contributed by atoms with E-state index in [4.69, 9.17) is 5.73 Å². The van der Waals surface area contributed by atoms with Gasteiger partial charge in [-0.1, -0.05) is 23.4 Å². The van der Waals surface area contributed by atoms with Crippen LogP contribution in [0.25, 0.3) is 10.9 Å². The van der Waals surface area contributed by atoms with Crippen LogP contribution < -0.4 is 11.1 Å². The predicted octanol–water partition coefficient (Wildman–Crippen LogP) is 2.06. The van der Waals surface area contributed by atoms with Crippen LogP contribution in [0.3, 0.4) is 0 Å². The van der Waals surface area contributed by atoms with Crippen LogP contribution in [-0.2, 0) is 0 Å². The first-order valence-corrected chi connectivity index (χ1v) is 5.61. The van der Waals surface area contributed by atoms with Crippen LogP contribution >= 0.6 is 0 Å². The summed E-state index contributed by atoms with van der Waals surface area (Å²) in [5, 5.41) is 6.99. The Kier molecular flexibility index (Phi) is 2.60. The second kappa shape index (κ2) is 4.41. The standard InChI is InChI=1S/C13H10N4O2/c14-9-7-11(13(18)16-12-5-6-19-17-12)15-10-4-2-1-3-8(9)10/h1-7H,(H2,14,15)(H,16,17,18). The van der Waals surface area contributed by atoms with Gasteiger partial charge < -0.3 is 15.6 Å². The van der Waals surface area contributed by atoms with E-state index in [-0.39, 0.29) is 11.6 Å². The van der Waals surface area contributed by atoms with E-state index in [1.54, 1.807) is 12.1 Å². The molecule has 94 valence electrons. The van der Waals surface area contributed by atoms with Crippen molar-refractivity contribution < 1.29 is 9.32 Å². The quantitative estimate of drug-likeness (QED) is 0.730. The molecule has 3 aromatic rings. The lowest BCUT2D eigenvalue weighted by Crippen LogP contribution is -2.14. The maximum atomic E-state index is 12.0. The van der Waals surface area contributed by atoms with Gasteiger partial charge in [0.15, 0.2) is 5.82 Å². The number of para-hydroxylation sites is 1. The van der Waals surface area contributed by atoms with Crippen LogP contribution in [0.5, 0.6) is 0 Å². The van der Waals surface area contributed by atoms with Crippen molar-refractivity contribution >= 4 is 28.3 Å². The number of amides is 1. The van der Waals surface area contributed by atoms with Crippen molar-refractivity contribution in [1.29, 1.82) is 0 Å². The van der Waals surface area contributed by atoms with Gasteiger partial charge in [-0.25, -0.2) is 4.98 Å². The third-order valence-corrected chi connectivity index (χ3v) is 2.66. The van der Waals surface area contributed by atoms with Gasteiger partial charge in [-0.15, -0.1) is 0 Å². The molecular weight excluding hydrogens is 244 g/mol. The summed E-state index contributed by atoms with van der Waals surface area (Å²) in [5.41, 5.74) is 7.33. The second-order valence-electron chi connectivity index (χ2n) is 3.95. The molecule has 2 aromatic heterocycles. The smallest absolute Gasteiger partial charge is 0.275 e. The van der Waals surface area contributed by atoms with E-state index in [1.165, 1.54) is 12.3 Å². The second-order valence-corrected chi connectivity index (χ2v) is 3.95. The van der Waals surface area contributed by atoms with Crippen LogP contribution in [0.2, 0.25) is 0 Å². The molecule has 0 unspecified atom stereocenters. The first-order chi connectivity index (χ1) is 9.24. The highest BCUT2D eigenvalue weighted by Gasteiger charge is 2.12. The minimum atomic E-state index is -0.383. The molecule has 0 aliphatic heterocycles. The summed E-state index contributed by atoms with van der Waals surface area (Å²) < 4.78 is 4.64. The fourth-order valence-electron chi connectivity index (χ4n) is 1.78. The molecule has 0 aliphatic rings. The summed E-state index contributed by atoms with van der Waals surface area (Å²) in [6.07, 6.45) is 1.37. The third kappa shape index (κ3) is 2.11. The number of nitrogens with one attached hydrogen (secondary N) is 1. The molecule has 0 aliphatic carbocycles. The Hall–Kier alpha value is -2.89. The van der Waals surface area contributed by atoms with Gasteiger partial charge in [0.05, 0.1) is 5.52 Å². The van der Waals surface area contributed by atoms with Gasteiger partial charge in [-0.3, -0.25) is 4.79 Å². The highest BCUT2D eigenvalue weighted by atomic mass is 16.5. The molecule has 3 rings (SSSR count). The zero-order valence-corrected chi connectivity index (χ0v) is 9.83. The molecule has 0 bridgehead atoms. The lowest BCUT2D eigenvalue weighted by Gasteiger charge is -2.05. The van der Waals surface area contributed by atoms with Crippen LogP contribution in [-0.4, -0.2) is 16.0 Å². The molecule has 6 nitrogen and oxygen atoms in total. The van der Waals surface area contributed by atoms with E-state index in [9.17, 15) is 4.79 Å². The van der Waals surface area contributed by atoms with Crippen molar-refractivity contribution in [3.63, 3.8) is 0 Å². The Balaban J connectivity index is 1.98. The van der Waals surface area contributed by atoms with Crippen LogP contribution in [0, 0.1) is 0 Å². The summed E-state index contributed by atoms with van der Waals surface area (Å²) in [6.45, 7) is 0. The molecule has 19 heavy (non-hydrogen) atoms. The number of hydrogen-bond acceptors (Lipinski definition) is 5. The number of nitrogens with two attached hydrogens (primary N) is 1. The summed E-state index contributed by atoms with van der Waals surface area (Å²) >= 11 is 0. The predicted molar refractivity (Wildman–Crippen MR) is 70.6 cm³/mol. The maximum absolute atomic E-state index is 12.0. The van der Waals surface area contributed by atoms with Crippen molar-refractivity contribution in [2.45, 2.75) is 0 Å². The first-order valence-electron chi connectivity index (χ1n) is 5.61. The molecule has 0 saturated carbocycles. The van der Waals surface area contributed by atoms with Crippen molar-refractivity contribution in [3.05, 3.63) is 48.4 Å². The third-order valence-electron chi connectivity index (χ3n) is 2.66. The Morgan fingerprint density at radius 2 is 2.11 bits per heavy atom. The van der Waals surface area contributed by atoms with Gasteiger partial charge >= 0.3 is 0 Å². The Morgan fingerprint density at radius 1 is 1.26 bits per heavy atom. The Bertz CT molecular complexity index is 737. The molecular formula is C13H10N4O2. The topological polar surface area (TPSA) is 94.0 Å². The fraction of sp³-hybridized carbons (Fsp3) is 0. The number of anilines is 2. The molecule has 1 amide bonds. The molecule has 0 atom stereocenters. The Morgan fingerprint density at radius 3 is 2.89 bits per heavy atom. The average molecular weight is 254 g/mol. The highest BCUT2D eigenvalue weighted by molar-refractivity contribution is 6.05. The maximum Gasteiger partial charge on any atom is 0.275 e. The number of rotatable bonds is 2. The van der Waals surface area contributed by atoms with E-state index < -0.39 is 0 Å². The van der Waals surface area contributed by atoms with Crippen LogP contribution in [0.4, 0.5) is 11.5 Å². The minimum Gasteiger partial charge on any atom is -0.398 e. The summed E-state index contributed by atoms with van der Waals surface area (Å²) in [5.74, 6) is -0.0510. The van der Waals surface area contributed by atoms with Gasteiger partial charge in [-0.05, 0) is 12.1 Å². The lowest BCUT2D eigenvalue weighted by atomic mass is 10.1. The van der Waals surface area contributed by atoms with Crippen LogP contribution in [0.1, 0.15) is 10.5 Å². The van der Waals surface area contributed by atoms with Crippen LogP contribution in [0.15, 0.2) is 47.2 Å². The molecule has 0 radical (unpaired) electrons. The fourth-order valence-corrected chi connectivity index (χ4v) is 1.78. The largest absolute Gasteiger partial charge is 0.398 e. The van der Waals surface area contributed by atoms with Gasteiger partial charge in [0.2, 0.25) is 0 Å². The van der Waals surface area contributed by atoms with Gasteiger partial charge in [0, 0.05) is 17.1 Å². The number of carbonyl (C=O) groups is 1. The van der Waals surface area contributed by atoms with Crippen molar-refractivity contribution in [2.75, 3.05) is 11.1 Å². The van der Waals surface area contributed by atoms with Gasteiger partial charge in [0.1, 0.15) is 12.0 Å². The number of nitrogen functional groups attached to an aromatic ring is 1. The molecule has 0 spiro atoms. The number of fused-ring (bicyclic) bond motifs is 1. The zero-order valence-electron chi connectivity index (χ0n) is 9.83. The first kappa shape index (κ1) is 11.2. The molecule has 3 N–H and O–H groups in total. The zero-order chi connectivity index (χ0) is 13.2. The molecule has 1 aromatic carbocycles. The lowest BCUT2D eigenvalue weighted by molar-refractivity contribution is 0.102. The van der Waals surface area contributed by atoms with E-state index in [1.807, 2.05) is 18.2 Å².